The molecule has 6 nitrogen and oxygen atoms in total. The third-order valence-corrected chi connectivity index (χ3v) is 6.72. The number of hydrogen-bond acceptors (Lipinski definition) is 5. The van der Waals surface area contributed by atoms with Crippen LogP contribution in [0.15, 0.2) is 48.5 Å². The van der Waals surface area contributed by atoms with Gasteiger partial charge in [-0.2, -0.15) is 13.2 Å². The number of thiazole rings is 1. The topological polar surface area (TPSA) is 85.4 Å². The van der Waals surface area contributed by atoms with E-state index in [9.17, 15) is 32.3 Å². The molecular formula is C23H18F4N3O3S-. The number of halogens is 4. The molecule has 1 aliphatic rings. The van der Waals surface area contributed by atoms with Gasteiger partial charge in [0.15, 0.2) is 0 Å². The molecule has 11 heteroatoms. The van der Waals surface area contributed by atoms with E-state index in [0.717, 1.165) is 23.5 Å². The molecule has 0 spiro atoms. The lowest BCUT2D eigenvalue weighted by Crippen LogP contribution is -2.40. The highest BCUT2D eigenvalue weighted by Crippen LogP contribution is 2.36. The molecule has 1 fully saturated rings. The first-order valence-corrected chi connectivity index (χ1v) is 11.1. The van der Waals surface area contributed by atoms with Crippen LogP contribution in [0.3, 0.4) is 0 Å². The molecule has 178 valence electrons. The van der Waals surface area contributed by atoms with Gasteiger partial charge in [0.25, 0.3) is 0 Å². The summed E-state index contributed by atoms with van der Waals surface area (Å²) in [4.78, 5) is 30.0. The van der Waals surface area contributed by atoms with Gasteiger partial charge in [-0.15, -0.1) is 11.3 Å². The van der Waals surface area contributed by atoms with Gasteiger partial charge in [0.1, 0.15) is 5.82 Å². The number of alkyl halides is 3. The molecule has 34 heavy (non-hydrogen) atoms. The van der Waals surface area contributed by atoms with E-state index in [1.807, 2.05) is 0 Å². The average molecular weight is 492 g/mol. The normalized spacial score (nSPS) is 14.8. The minimum atomic E-state index is -4.45. The molecule has 0 radical (unpaired) electrons. The van der Waals surface area contributed by atoms with E-state index in [1.165, 1.54) is 35.2 Å². The minimum Gasteiger partial charge on any atom is -0.544 e. The molecule has 2 heterocycles. The lowest BCUT2D eigenvalue weighted by atomic mass is 9.97. The number of carbonyl (C=O) groups excluding carboxylic acids is 2. The van der Waals surface area contributed by atoms with Crippen LogP contribution in [0.1, 0.15) is 39.0 Å². The maximum atomic E-state index is 13.6. The van der Waals surface area contributed by atoms with Gasteiger partial charge in [0.05, 0.1) is 27.1 Å². The molecule has 0 bridgehead atoms. The number of nitrogens with zero attached hydrogens (tertiary/aromatic N) is 2. The first kappa shape index (κ1) is 23.7. The highest BCUT2D eigenvalue weighted by molar-refractivity contribution is 7.14. The van der Waals surface area contributed by atoms with Crippen LogP contribution in [-0.2, 0) is 6.18 Å². The summed E-state index contributed by atoms with van der Waals surface area (Å²) in [6, 6.07) is 9.24. The van der Waals surface area contributed by atoms with Crippen molar-refractivity contribution < 1.29 is 32.3 Å². The van der Waals surface area contributed by atoms with E-state index in [-0.39, 0.29) is 22.2 Å². The monoisotopic (exact) mass is 492 g/mol. The van der Waals surface area contributed by atoms with Crippen LogP contribution in [0.2, 0.25) is 0 Å². The van der Waals surface area contributed by atoms with Crippen LogP contribution >= 0.6 is 11.3 Å². The molecule has 1 aromatic heterocycles. The highest BCUT2D eigenvalue weighted by Gasteiger charge is 2.30. The molecule has 4 rings (SSSR count). The number of carboxylic acids is 1. The summed E-state index contributed by atoms with van der Waals surface area (Å²) in [5, 5.41) is 14.8. The predicted octanol–water partition coefficient (Wildman–Crippen LogP) is 4.74. The van der Waals surface area contributed by atoms with Crippen molar-refractivity contribution in [3.8, 4) is 11.3 Å². The molecule has 0 aliphatic carbocycles. The van der Waals surface area contributed by atoms with Crippen LogP contribution in [-0.4, -0.2) is 35.0 Å². The third kappa shape index (κ3) is 5.19. The number of carboxylic acid groups (broad SMARTS) is 1. The first-order valence-electron chi connectivity index (χ1n) is 10.3. The molecule has 1 saturated heterocycles. The van der Waals surface area contributed by atoms with Crippen LogP contribution in [0.4, 0.5) is 28.0 Å². The molecule has 2 amide bonds. The number of nitrogens with one attached hydrogen (secondary N) is 1. The van der Waals surface area contributed by atoms with Crippen molar-refractivity contribution in [2.75, 3.05) is 18.4 Å². The van der Waals surface area contributed by atoms with Gasteiger partial charge >= 0.3 is 12.2 Å². The van der Waals surface area contributed by atoms with Crippen LogP contribution in [0.5, 0.6) is 0 Å². The van der Waals surface area contributed by atoms with Gasteiger partial charge in [0, 0.05) is 30.3 Å². The van der Waals surface area contributed by atoms with Crippen molar-refractivity contribution >= 4 is 29.0 Å². The summed E-state index contributed by atoms with van der Waals surface area (Å²) >= 11 is 0.984. The number of urea groups is 1. The maximum Gasteiger partial charge on any atom is 0.416 e. The van der Waals surface area contributed by atoms with Crippen molar-refractivity contribution in [1.82, 2.24) is 9.88 Å². The molecule has 2 aromatic carbocycles. The number of hydrogen-bond donors (Lipinski definition) is 1. The number of likely N-dealkylation sites (tertiary alicyclic amines) is 1. The summed E-state index contributed by atoms with van der Waals surface area (Å²) in [5.74, 6) is -2.00. The van der Waals surface area contributed by atoms with Crippen molar-refractivity contribution in [3.05, 3.63) is 69.8 Å². The van der Waals surface area contributed by atoms with Gasteiger partial charge in [-0.05, 0) is 49.2 Å². The zero-order valence-corrected chi connectivity index (χ0v) is 18.4. The second-order valence-corrected chi connectivity index (χ2v) is 8.82. The SMILES string of the molecule is O=C([O-])c1sc(C2CCN(C(=O)Nc3ccc(C(F)(F)F)cc3)CC2)nc1-c1cccc(F)c1. The molecule has 0 saturated carbocycles. The number of aromatic carboxylic acids is 1. The fourth-order valence-corrected chi connectivity index (χ4v) is 4.85. The van der Waals surface area contributed by atoms with Gasteiger partial charge in [-0.25, -0.2) is 14.2 Å². The molecule has 0 atom stereocenters. The Morgan fingerprint density at radius 3 is 2.35 bits per heavy atom. The largest absolute Gasteiger partial charge is 0.544 e. The number of carbonyl (C=O) groups is 2. The standard InChI is InChI=1S/C23H19F4N3O3S/c24-16-3-1-2-14(12-16)18-19(21(31)32)34-20(29-18)13-8-10-30(11-9-13)22(33)28-17-6-4-15(5-7-17)23(25,26)27/h1-7,12-13H,8-11H2,(H,28,33)(H,31,32)/p-1. The van der Waals surface area contributed by atoms with E-state index in [4.69, 9.17) is 0 Å². The van der Waals surface area contributed by atoms with E-state index < -0.39 is 29.6 Å². The summed E-state index contributed by atoms with van der Waals surface area (Å²) < 4.78 is 51.7. The summed E-state index contributed by atoms with van der Waals surface area (Å²) in [6.45, 7) is 0.708. The Morgan fingerprint density at radius 2 is 1.76 bits per heavy atom. The van der Waals surface area contributed by atoms with Crippen molar-refractivity contribution in [1.29, 1.82) is 0 Å². The van der Waals surface area contributed by atoms with Crippen LogP contribution in [0, 0.1) is 5.82 Å². The minimum absolute atomic E-state index is 0.0805. The highest BCUT2D eigenvalue weighted by atomic mass is 32.1. The number of piperidine rings is 1. The van der Waals surface area contributed by atoms with Crippen LogP contribution in [0.25, 0.3) is 11.3 Å². The molecule has 3 aromatic rings. The predicted molar refractivity (Wildman–Crippen MR) is 116 cm³/mol. The fourth-order valence-electron chi connectivity index (χ4n) is 3.76. The Balaban J connectivity index is 1.41. The summed E-state index contributed by atoms with van der Waals surface area (Å²) in [6.07, 6.45) is -3.42. The molecular weight excluding hydrogens is 474 g/mol. The Labute approximate surface area is 195 Å². The second-order valence-electron chi connectivity index (χ2n) is 7.79. The van der Waals surface area contributed by atoms with Gasteiger partial charge in [0.2, 0.25) is 0 Å². The lowest BCUT2D eigenvalue weighted by molar-refractivity contribution is -0.254. The first-order chi connectivity index (χ1) is 16.1. The smallest absolute Gasteiger partial charge is 0.416 e. The lowest BCUT2D eigenvalue weighted by Gasteiger charge is -2.31. The molecule has 1 N–H and O–H groups in total. The quantitative estimate of drug-likeness (QED) is 0.533. The van der Waals surface area contributed by atoms with Crippen LogP contribution < -0.4 is 10.4 Å². The third-order valence-electron chi connectivity index (χ3n) is 5.52. The molecule has 0 unspecified atom stereocenters. The number of benzene rings is 2. The van der Waals surface area contributed by atoms with Crippen molar-refractivity contribution in [2.24, 2.45) is 0 Å². The van der Waals surface area contributed by atoms with E-state index in [1.54, 1.807) is 6.07 Å². The van der Waals surface area contributed by atoms with Gasteiger partial charge in [-0.1, -0.05) is 12.1 Å². The Bertz CT molecular complexity index is 1200. The number of aromatic nitrogens is 1. The number of anilines is 1. The second kappa shape index (κ2) is 9.41. The van der Waals surface area contributed by atoms with E-state index >= 15 is 0 Å². The Hall–Kier alpha value is -3.47. The van der Waals surface area contributed by atoms with Gasteiger partial charge in [-0.3, -0.25) is 0 Å². The fraction of sp³-hybridized carbons (Fsp3) is 0.261. The van der Waals surface area contributed by atoms with Crippen molar-refractivity contribution in [3.63, 3.8) is 0 Å². The summed E-state index contributed by atoms with van der Waals surface area (Å²) in [7, 11) is 0. The van der Waals surface area contributed by atoms with Gasteiger partial charge < -0.3 is 20.1 Å². The Kier molecular flexibility index (Phi) is 6.56. The summed E-state index contributed by atoms with van der Waals surface area (Å²) in [5.41, 5.74) is -0.0567. The zero-order valence-electron chi connectivity index (χ0n) is 17.6. The molecule has 1 aliphatic heterocycles. The van der Waals surface area contributed by atoms with E-state index in [2.05, 4.69) is 10.3 Å². The van der Waals surface area contributed by atoms with E-state index in [0.29, 0.717) is 36.5 Å². The zero-order chi connectivity index (χ0) is 24.5. The van der Waals surface area contributed by atoms with Crippen molar-refractivity contribution in [2.45, 2.75) is 24.9 Å². The maximum absolute atomic E-state index is 13.6. The number of amides is 2. The Morgan fingerprint density at radius 1 is 1.09 bits per heavy atom. The average Bonchev–Trinajstić information content (AvgIpc) is 3.25. The number of rotatable bonds is 4.